The van der Waals surface area contributed by atoms with Crippen molar-refractivity contribution in [1.82, 2.24) is 34.7 Å². The fraction of sp³-hybridized carbons (Fsp3) is 0.429. The number of nitrogens with zero attached hydrogens (tertiary/aromatic N) is 6. The Morgan fingerprint density at radius 3 is 2.62 bits per heavy atom. The zero-order valence-corrected chi connectivity index (χ0v) is 24.0. The van der Waals surface area contributed by atoms with E-state index in [1.807, 2.05) is 38.5 Å². The predicted molar refractivity (Wildman–Crippen MR) is 156 cm³/mol. The Morgan fingerprint density at radius 1 is 1.10 bits per heavy atom. The Kier molecular flexibility index (Phi) is 9.29. The van der Waals surface area contributed by atoms with Crippen LogP contribution in [0.15, 0.2) is 30.5 Å². The minimum atomic E-state index is -0.639. The van der Waals surface area contributed by atoms with Crippen LogP contribution in [0, 0.1) is 18.6 Å². The largest absolute Gasteiger partial charge is 0.329 e. The highest BCUT2D eigenvalue weighted by Gasteiger charge is 2.20. The standard InChI is InChI=1S/C28H35F2N9.ClH/c1-16(2)39-17(3)34-27-21(29)11-19(12-24(27)39)26-22(30)14-33-28(37-26)36-25-6-5-18-15-38(10-8-23(18)35-25)9-7-20(13-31)32-4;/h5-6,11-12,14,16,20,32H,7-10,13,15,31H2,1-4H3,(H,33,35,36,37);1H. The van der Waals surface area contributed by atoms with Crippen LogP contribution in [0.1, 0.15) is 43.4 Å². The van der Waals surface area contributed by atoms with Gasteiger partial charge in [0.1, 0.15) is 22.9 Å². The van der Waals surface area contributed by atoms with Crippen LogP contribution in [0.25, 0.3) is 22.3 Å². The lowest BCUT2D eigenvalue weighted by Gasteiger charge is -2.29. The van der Waals surface area contributed by atoms with Gasteiger partial charge in [0.05, 0.1) is 11.7 Å². The molecule has 1 aromatic carbocycles. The molecule has 12 heteroatoms. The number of hydrogen-bond acceptors (Lipinski definition) is 8. The summed E-state index contributed by atoms with van der Waals surface area (Å²) in [7, 11) is 1.94. The molecule has 1 unspecified atom stereocenters. The molecule has 0 saturated heterocycles. The number of imidazole rings is 1. The molecule has 3 aromatic heterocycles. The number of halogens is 3. The molecular weight excluding hydrogens is 536 g/mol. The molecule has 1 aliphatic heterocycles. The predicted octanol–water partition coefficient (Wildman–Crippen LogP) is 4.52. The number of anilines is 2. The van der Waals surface area contributed by atoms with Gasteiger partial charge in [-0.3, -0.25) is 4.90 Å². The maximum Gasteiger partial charge on any atom is 0.229 e. The molecule has 40 heavy (non-hydrogen) atoms. The number of nitrogens with one attached hydrogen (secondary N) is 2. The lowest BCUT2D eigenvalue weighted by Crippen LogP contribution is -2.39. The van der Waals surface area contributed by atoms with Gasteiger partial charge >= 0.3 is 0 Å². The van der Waals surface area contributed by atoms with Crippen molar-refractivity contribution >= 4 is 35.2 Å². The fourth-order valence-corrected chi connectivity index (χ4v) is 5.26. The van der Waals surface area contributed by atoms with Gasteiger partial charge in [-0.25, -0.2) is 28.7 Å². The van der Waals surface area contributed by atoms with Crippen LogP contribution in [0.5, 0.6) is 0 Å². The average Bonchev–Trinajstić information content (AvgIpc) is 3.27. The number of likely N-dealkylation sites (N-methyl/N-ethyl adjacent to an activating group) is 1. The van der Waals surface area contributed by atoms with Crippen LogP contribution in [0.3, 0.4) is 0 Å². The van der Waals surface area contributed by atoms with Crippen molar-refractivity contribution in [2.75, 3.05) is 32.0 Å². The summed E-state index contributed by atoms with van der Waals surface area (Å²) in [5.41, 5.74) is 9.19. The van der Waals surface area contributed by atoms with E-state index in [0.29, 0.717) is 35.3 Å². The third-order valence-electron chi connectivity index (χ3n) is 7.31. The molecule has 0 aliphatic carbocycles. The van der Waals surface area contributed by atoms with Gasteiger partial charge in [0, 0.05) is 55.9 Å². The first kappa shape index (κ1) is 29.7. The second-order valence-corrected chi connectivity index (χ2v) is 10.3. The molecule has 0 bridgehead atoms. The molecule has 0 radical (unpaired) electrons. The summed E-state index contributed by atoms with van der Waals surface area (Å²) in [6, 6.07) is 7.30. The normalized spacial score (nSPS) is 14.3. The lowest BCUT2D eigenvalue weighted by atomic mass is 10.0. The smallest absolute Gasteiger partial charge is 0.229 e. The molecular formula is C28H36ClF2N9. The molecule has 4 N–H and O–H groups in total. The fourth-order valence-electron chi connectivity index (χ4n) is 5.26. The molecule has 4 heterocycles. The van der Waals surface area contributed by atoms with Crippen LogP contribution in [0.4, 0.5) is 20.5 Å². The molecule has 4 aromatic rings. The first-order valence-electron chi connectivity index (χ1n) is 13.3. The van der Waals surface area contributed by atoms with Gasteiger partial charge in [-0.05, 0) is 58.0 Å². The molecule has 9 nitrogen and oxygen atoms in total. The summed E-state index contributed by atoms with van der Waals surface area (Å²) in [5, 5.41) is 6.34. The van der Waals surface area contributed by atoms with Crippen molar-refractivity contribution in [2.24, 2.45) is 5.73 Å². The van der Waals surface area contributed by atoms with E-state index >= 15 is 4.39 Å². The number of aryl methyl sites for hydroxylation is 1. The Hall–Kier alpha value is -3.25. The molecule has 5 rings (SSSR count). The van der Waals surface area contributed by atoms with E-state index in [1.165, 1.54) is 11.6 Å². The van der Waals surface area contributed by atoms with Gasteiger partial charge < -0.3 is 20.9 Å². The summed E-state index contributed by atoms with van der Waals surface area (Å²) in [6.45, 7) is 9.17. The molecule has 0 fully saturated rings. The summed E-state index contributed by atoms with van der Waals surface area (Å²) in [5.74, 6) is 0.298. The highest BCUT2D eigenvalue weighted by molar-refractivity contribution is 5.85. The van der Waals surface area contributed by atoms with Crippen molar-refractivity contribution in [3.63, 3.8) is 0 Å². The molecule has 1 aliphatic rings. The van der Waals surface area contributed by atoms with E-state index in [1.54, 1.807) is 6.07 Å². The number of nitrogens with two attached hydrogens (primary N) is 1. The molecule has 0 amide bonds. The minimum absolute atomic E-state index is 0. The maximum atomic E-state index is 15.0. The number of fused-ring (bicyclic) bond motifs is 2. The number of pyridine rings is 1. The summed E-state index contributed by atoms with van der Waals surface area (Å²) >= 11 is 0. The van der Waals surface area contributed by atoms with Gasteiger partial charge in [-0.15, -0.1) is 12.4 Å². The van der Waals surface area contributed by atoms with Crippen molar-refractivity contribution in [2.45, 2.75) is 52.2 Å². The summed E-state index contributed by atoms with van der Waals surface area (Å²) in [4.78, 5) is 20.0. The zero-order valence-electron chi connectivity index (χ0n) is 23.2. The first-order chi connectivity index (χ1) is 18.8. The van der Waals surface area contributed by atoms with E-state index < -0.39 is 11.6 Å². The average molecular weight is 572 g/mol. The molecule has 0 saturated carbocycles. The third-order valence-corrected chi connectivity index (χ3v) is 7.31. The molecule has 0 spiro atoms. The number of hydrogen-bond donors (Lipinski definition) is 3. The van der Waals surface area contributed by atoms with Gasteiger partial charge in [0.2, 0.25) is 5.95 Å². The van der Waals surface area contributed by atoms with Crippen molar-refractivity contribution in [3.8, 4) is 11.3 Å². The molecule has 1 atom stereocenters. The van der Waals surface area contributed by atoms with E-state index in [0.717, 1.165) is 44.4 Å². The molecule has 214 valence electrons. The second kappa shape index (κ2) is 12.5. The highest BCUT2D eigenvalue weighted by Crippen LogP contribution is 2.30. The highest BCUT2D eigenvalue weighted by atomic mass is 35.5. The quantitative estimate of drug-likeness (QED) is 0.269. The monoisotopic (exact) mass is 571 g/mol. The lowest BCUT2D eigenvalue weighted by molar-refractivity contribution is 0.239. The third kappa shape index (κ3) is 6.07. The summed E-state index contributed by atoms with van der Waals surface area (Å²) in [6.07, 6.45) is 2.92. The number of benzene rings is 1. The van der Waals surface area contributed by atoms with Crippen LogP contribution in [-0.2, 0) is 13.0 Å². The number of aromatic nitrogens is 5. The van der Waals surface area contributed by atoms with Crippen LogP contribution < -0.4 is 16.4 Å². The van der Waals surface area contributed by atoms with Crippen molar-refractivity contribution in [3.05, 3.63) is 59.2 Å². The van der Waals surface area contributed by atoms with Gasteiger partial charge in [-0.1, -0.05) is 6.07 Å². The van der Waals surface area contributed by atoms with E-state index in [4.69, 9.17) is 10.7 Å². The Balaban J connectivity index is 0.00000370. The summed E-state index contributed by atoms with van der Waals surface area (Å²) < 4.78 is 31.8. The number of rotatable bonds is 9. The Labute approximate surface area is 239 Å². The Bertz CT molecular complexity index is 1490. The van der Waals surface area contributed by atoms with Gasteiger partial charge in [-0.2, -0.15) is 0 Å². The van der Waals surface area contributed by atoms with Gasteiger partial charge in [0.15, 0.2) is 11.6 Å². The Morgan fingerprint density at radius 2 is 1.90 bits per heavy atom. The second-order valence-electron chi connectivity index (χ2n) is 10.3. The van der Waals surface area contributed by atoms with Crippen molar-refractivity contribution in [1.29, 1.82) is 0 Å². The van der Waals surface area contributed by atoms with E-state index in [9.17, 15) is 4.39 Å². The van der Waals surface area contributed by atoms with Crippen LogP contribution in [-0.4, -0.2) is 62.1 Å². The SMILES string of the molecule is CNC(CN)CCN1CCc2nc(Nc3ncc(F)c(-c4cc(F)c5nc(C)n(C(C)C)c5c4)n3)ccc2C1.Cl. The van der Waals surface area contributed by atoms with E-state index in [-0.39, 0.29) is 35.6 Å². The van der Waals surface area contributed by atoms with Crippen molar-refractivity contribution < 1.29 is 8.78 Å². The van der Waals surface area contributed by atoms with Gasteiger partial charge in [0.25, 0.3) is 0 Å². The van der Waals surface area contributed by atoms with Crippen LogP contribution >= 0.6 is 12.4 Å². The topological polar surface area (TPSA) is 110 Å². The first-order valence-corrected chi connectivity index (χ1v) is 13.3. The van der Waals surface area contributed by atoms with Crippen LogP contribution in [0.2, 0.25) is 0 Å². The zero-order chi connectivity index (χ0) is 27.7. The maximum absolute atomic E-state index is 15.0. The van der Waals surface area contributed by atoms with E-state index in [2.05, 4.69) is 36.6 Å². The minimum Gasteiger partial charge on any atom is -0.329 e.